The number of rotatable bonds is 4. The van der Waals surface area contributed by atoms with Gasteiger partial charge in [-0.3, -0.25) is 0 Å². The molecule has 0 spiro atoms. The molecule has 1 unspecified atom stereocenters. The van der Waals surface area contributed by atoms with Gasteiger partial charge < -0.3 is 10.6 Å². The van der Waals surface area contributed by atoms with Crippen LogP contribution in [0.2, 0.25) is 0 Å². The third kappa shape index (κ3) is 3.15. The fourth-order valence-electron chi connectivity index (χ4n) is 2.15. The van der Waals surface area contributed by atoms with Crippen molar-refractivity contribution in [2.75, 3.05) is 19.0 Å². The molecule has 2 heteroatoms. The summed E-state index contributed by atoms with van der Waals surface area (Å²) >= 11 is 0. The second-order valence-corrected chi connectivity index (χ2v) is 5.06. The molecule has 2 aromatic rings. The lowest BCUT2D eigenvalue weighted by atomic mass is 9.97. The Kier molecular flexibility index (Phi) is 4.23. The van der Waals surface area contributed by atoms with Crippen molar-refractivity contribution in [3.05, 3.63) is 65.2 Å². The van der Waals surface area contributed by atoms with E-state index in [-0.39, 0.29) is 6.04 Å². The number of aryl methyl sites for hydroxylation is 1. The summed E-state index contributed by atoms with van der Waals surface area (Å²) in [6.45, 7) is 2.16. The fraction of sp³-hybridized carbons (Fsp3) is 0.294. The van der Waals surface area contributed by atoms with Crippen molar-refractivity contribution in [2.45, 2.75) is 19.4 Å². The van der Waals surface area contributed by atoms with Crippen LogP contribution in [0, 0.1) is 0 Å². The molecule has 0 aromatic heterocycles. The fourth-order valence-corrected chi connectivity index (χ4v) is 2.15. The van der Waals surface area contributed by atoms with Gasteiger partial charge in [0.25, 0.3) is 0 Å². The standard InChI is InChI=1S/C17H22N2/c1-4-13-8-10-14(11-9-13)17(18)15-6-5-7-16(12-15)19(2)3/h5-12,17H,4,18H2,1-3H3. The van der Waals surface area contributed by atoms with Gasteiger partial charge in [0.15, 0.2) is 0 Å². The van der Waals surface area contributed by atoms with Crippen LogP contribution in [0.5, 0.6) is 0 Å². The summed E-state index contributed by atoms with van der Waals surface area (Å²) < 4.78 is 0. The number of hydrogen-bond donors (Lipinski definition) is 1. The molecule has 2 rings (SSSR count). The Labute approximate surface area is 115 Å². The van der Waals surface area contributed by atoms with Crippen molar-refractivity contribution >= 4 is 5.69 Å². The zero-order valence-corrected chi connectivity index (χ0v) is 11.9. The lowest BCUT2D eigenvalue weighted by Crippen LogP contribution is -2.14. The zero-order valence-electron chi connectivity index (χ0n) is 11.9. The number of nitrogens with zero attached hydrogens (tertiary/aromatic N) is 1. The van der Waals surface area contributed by atoms with Crippen molar-refractivity contribution < 1.29 is 0 Å². The lowest BCUT2D eigenvalue weighted by Gasteiger charge is -2.17. The molecule has 0 fully saturated rings. The molecule has 0 heterocycles. The first-order chi connectivity index (χ1) is 9.11. The summed E-state index contributed by atoms with van der Waals surface area (Å²) in [7, 11) is 4.08. The molecule has 0 saturated heterocycles. The Bertz CT molecular complexity index is 529. The van der Waals surface area contributed by atoms with Gasteiger partial charge in [-0.25, -0.2) is 0 Å². The third-order valence-electron chi connectivity index (χ3n) is 3.49. The van der Waals surface area contributed by atoms with E-state index in [1.807, 2.05) is 14.1 Å². The number of anilines is 1. The first kappa shape index (κ1) is 13.6. The van der Waals surface area contributed by atoms with Crippen molar-refractivity contribution in [3.63, 3.8) is 0 Å². The summed E-state index contributed by atoms with van der Waals surface area (Å²) in [6, 6.07) is 16.9. The summed E-state index contributed by atoms with van der Waals surface area (Å²) in [5.74, 6) is 0. The van der Waals surface area contributed by atoms with E-state index < -0.39 is 0 Å². The minimum absolute atomic E-state index is 0.0641. The zero-order chi connectivity index (χ0) is 13.8. The Hall–Kier alpha value is -1.80. The van der Waals surface area contributed by atoms with E-state index in [2.05, 4.69) is 60.4 Å². The SMILES string of the molecule is CCc1ccc(C(N)c2cccc(N(C)C)c2)cc1. The molecule has 1 atom stereocenters. The van der Waals surface area contributed by atoms with Crippen LogP contribution in [0.3, 0.4) is 0 Å². The molecular weight excluding hydrogens is 232 g/mol. The highest BCUT2D eigenvalue weighted by molar-refractivity contribution is 5.49. The first-order valence-corrected chi connectivity index (χ1v) is 6.73. The monoisotopic (exact) mass is 254 g/mol. The minimum atomic E-state index is -0.0641. The van der Waals surface area contributed by atoms with E-state index in [1.165, 1.54) is 11.3 Å². The highest BCUT2D eigenvalue weighted by Gasteiger charge is 2.09. The average Bonchev–Trinajstić information content (AvgIpc) is 2.46. The molecule has 0 radical (unpaired) electrons. The highest BCUT2D eigenvalue weighted by Crippen LogP contribution is 2.23. The van der Waals surface area contributed by atoms with Crippen LogP contribution in [-0.2, 0) is 6.42 Å². The number of hydrogen-bond acceptors (Lipinski definition) is 2. The van der Waals surface area contributed by atoms with Crippen molar-refractivity contribution in [1.29, 1.82) is 0 Å². The van der Waals surface area contributed by atoms with Crippen LogP contribution in [0.4, 0.5) is 5.69 Å². The van der Waals surface area contributed by atoms with Crippen molar-refractivity contribution in [1.82, 2.24) is 0 Å². The summed E-state index contributed by atoms with van der Waals surface area (Å²) in [4.78, 5) is 2.09. The van der Waals surface area contributed by atoms with Gasteiger partial charge in [0, 0.05) is 19.8 Å². The predicted octanol–water partition coefficient (Wildman–Crippen LogP) is 3.36. The highest BCUT2D eigenvalue weighted by atomic mass is 15.1. The van der Waals surface area contributed by atoms with Crippen LogP contribution >= 0.6 is 0 Å². The maximum atomic E-state index is 6.36. The van der Waals surface area contributed by atoms with Gasteiger partial charge in [0.2, 0.25) is 0 Å². The Balaban J connectivity index is 2.27. The summed E-state index contributed by atoms with van der Waals surface area (Å²) in [6.07, 6.45) is 1.06. The molecule has 0 aliphatic rings. The predicted molar refractivity (Wildman–Crippen MR) is 82.6 cm³/mol. The van der Waals surface area contributed by atoms with Crippen LogP contribution < -0.4 is 10.6 Å². The van der Waals surface area contributed by atoms with Crippen LogP contribution in [0.25, 0.3) is 0 Å². The molecule has 100 valence electrons. The van der Waals surface area contributed by atoms with Crippen LogP contribution in [0.1, 0.15) is 29.7 Å². The first-order valence-electron chi connectivity index (χ1n) is 6.73. The maximum Gasteiger partial charge on any atom is 0.0552 e. The average molecular weight is 254 g/mol. The van der Waals surface area contributed by atoms with E-state index >= 15 is 0 Å². The molecule has 2 aromatic carbocycles. The molecule has 0 bridgehead atoms. The van der Waals surface area contributed by atoms with Gasteiger partial charge in [-0.1, -0.05) is 43.3 Å². The van der Waals surface area contributed by atoms with Crippen LogP contribution in [0.15, 0.2) is 48.5 Å². The van der Waals surface area contributed by atoms with Gasteiger partial charge in [-0.2, -0.15) is 0 Å². The van der Waals surface area contributed by atoms with Crippen molar-refractivity contribution in [3.8, 4) is 0 Å². The molecule has 2 nitrogen and oxygen atoms in total. The summed E-state index contributed by atoms with van der Waals surface area (Å²) in [5, 5.41) is 0. The second-order valence-electron chi connectivity index (χ2n) is 5.06. The van der Waals surface area contributed by atoms with Crippen molar-refractivity contribution in [2.24, 2.45) is 5.73 Å². The van der Waals surface area contributed by atoms with Crippen LogP contribution in [-0.4, -0.2) is 14.1 Å². The largest absolute Gasteiger partial charge is 0.378 e. The maximum absolute atomic E-state index is 6.36. The van der Waals surface area contributed by atoms with E-state index in [4.69, 9.17) is 5.73 Å². The normalized spacial score (nSPS) is 12.2. The van der Waals surface area contributed by atoms with Gasteiger partial charge in [0.05, 0.1) is 6.04 Å². The quantitative estimate of drug-likeness (QED) is 0.906. The van der Waals surface area contributed by atoms with Gasteiger partial charge in [-0.05, 0) is 35.2 Å². The molecule has 0 saturated carbocycles. The Morgan fingerprint density at radius 2 is 1.68 bits per heavy atom. The number of benzene rings is 2. The molecule has 2 N–H and O–H groups in total. The Morgan fingerprint density at radius 3 is 2.26 bits per heavy atom. The van der Waals surface area contributed by atoms with E-state index in [9.17, 15) is 0 Å². The third-order valence-corrected chi connectivity index (χ3v) is 3.49. The molecule has 19 heavy (non-hydrogen) atoms. The lowest BCUT2D eigenvalue weighted by molar-refractivity contribution is 0.868. The van der Waals surface area contributed by atoms with E-state index in [0.29, 0.717) is 0 Å². The van der Waals surface area contributed by atoms with Gasteiger partial charge in [0.1, 0.15) is 0 Å². The molecule has 0 amide bonds. The van der Waals surface area contributed by atoms with Gasteiger partial charge >= 0.3 is 0 Å². The molecular formula is C17H22N2. The second kappa shape index (κ2) is 5.89. The number of nitrogens with two attached hydrogens (primary N) is 1. The topological polar surface area (TPSA) is 29.3 Å². The van der Waals surface area contributed by atoms with E-state index in [0.717, 1.165) is 17.5 Å². The summed E-state index contributed by atoms with van der Waals surface area (Å²) in [5.41, 5.74) is 11.2. The minimum Gasteiger partial charge on any atom is -0.378 e. The smallest absolute Gasteiger partial charge is 0.0552 e. The van der Waals surface area contributed by atoms with Gasteiger partial charge in [-0.15, -0.1) is 0 Å². The van der Waals surface area contributed by atoms with E-state index in [1.54, 1.807) is 0 Å². The molecule has 0 aliphatic heterocycles. The Morgan fingerprint density at radius 1 is 1.00 bits per heavy atom. The molecule has 0 aliphatic carbocycles.